The van der Waals surface area contributed by atoms with Crippen molar-refractivity contribution in [2.75, 3.05) is 18.0 Å². The van der Waals surface area contributed by atoms with Crippen LogP contribution in [0.15, 0.2) is 47.3 Å². The first-order chi connectivity index (χ1) is 16.6. The number of nitrogens with two attached hydrogens (primary N) is 1. The van der Waals surface area contributed by atoms with Gasteiger partial charge < -0.3 is 16.0 Å². The number of nitrogens with zero attached hydrogens (tertiary/aromatic N) is 3. The summed E-state index contributed by atoms with van der Waals surface area (Å²) in [5.74, 6) is -3.40. The van der Waals surface area contributed by atoms with Crippen molar-refractivity contribution in [2.45, 2.75) is 26.1 Å². The predicted octanol–water partition coefficient (Wildman–Crippen LogP) is 2.40. The highest BCUT2D eigenvalue weighted by Crippen LogP contribution is 2.26. The fourth-order valence-corrected chi connectivity index (χ4v) is 3.90. The molecular weight excluding hydrogens is 463 g/mol. The lowest BCUT2D eigenvalue weighted by Crippen LogP contribution is -2.32. The van der Waals surface area contributed by atoms with Crippen molar-refractivity contribution in [1.29, 1.82) is 0 Å². The van der Waals surface area contributed by atoms with Crippen LogP contribution in [0, 0.1) is 18.6 Å². The number of halogens is 3. The first-order valence-electron chi connectivity index (χ1n) is 10.8. The number of carbonyl (C=O) groups excluding carboxylic acids is 2. The number of anilines is 1. The van der Waals surface area contributed by atoms with E-state index in [1.54, 1.807) is 24.0 Å². The Labute approximate surface area is 198 Å². The maximum absolute atomic E-state index is 14.6. The number of hydrogen-bond donors (Lipinski definition) is 2. The molecule has 1 fully saturated rings. The van der Waals surface area contributed by atoms with E-state index in [4.69, 9.17) is 5.73 Å². The fourth-order valence-electron chi connectivity index (χ4n) is 3.90. The molecule has 3 N–H and O–H groups in total. The summed E-state index contributed by atoms with van der Waals surface area (Å²) >= 11 is 0. The maximum Gasteiger partial charge on any atom is 0.276 e. The summed E-state index contributed by atoms with van der Waals surface area (Å²) in [7, 11) is 0. The molecule has 1 saturated heterocycles. The quantitative estimate of drug-likeness (QED) is 0.557. The SMILES string of the molecule is Cc1cc(=O)c(C(=O)NCc2c(F)cc(N3CC[C@H](F)C3)cc2F)nn1-c1cccc(C(N)=O)c1. The van der Waals surface area contributed by atoms with Gasteiger partial charge in [-0.05, 0) is 43.7 Å². The van der Waals surface area contributed by atoms with Gasteiger partial charge in [-0.1, -0.05) is 6.07 Å². The predicted molar refractivity (Wildman–Crippen MR) is 122 cm³/mol. The lowest BCUT2D eigenvalue weighted by Gasteiger charge is -2.19. The molecule has 0 unspecified atom stereocenters. The minimum Gasteiger partial charge on any atom is -0.368 e. The van der Waals surface area contributed by atoms with Crippen molar-refractivity contribution in [2.24, 2.45) is 5.73 Å². The molecule has 2 heterocycles. The molecule has 1 aromatic heterocycles. The number of amides is 2. The van der Waals surface area contributed by atoms with E-state index in [1.807, 2.05) is 0 Å². The van der Waals surface area contributed by atoms with Gasteiger partial charge >= 0.3 is 0 Å². The highest BCUT2D eigenvalue weighted by atomic mass is 19.1. The number of benzene rings is 2. The van der Waals surface area contributed by atoms with Crippen LogP contribution in [0.3, 0.4) is 0 Å². The van der Waals surface area contributed by atoms with Crippen molar-refractivity contribution >= 4 is 17.5 Å². The van der Waals surface area contributed by atoms with E-state index in [-0.39, 0.29) is 24.2 Å². The summed E-state index contributed by atoms with van der Waals surface area (Å²) in [5, 5.41) is 6.40. The van der Waals surface area contributed by atoms with Gasteiger partial charge in [-0.15, -0.1) is 0 Å². The smallest absolute Gasteiger partial charge is 0.276 e. The average Bonchev–Trinajstić information content (AvgIpc) is 3.24. The third-order valence-electron chi connectivity index (χ3n) is 5.75. The van der Waals surface area contributed by atoms with Crippen molar-refractivity contribution in [3.05, 3.63) is 86.8 Å². The lowest BCUT2D eigenvalue weighted by molar-refractivity contribution is 0.0941. The first kappa shape index (κ1) is 24.0. The Hall–Kier alpha value is -4.15. The summed E-state index contributed by atoms with van der Waals surface area (Å²) in [5.41, 5.74) is 4.92. The molecule has 0 aliphatic carbocycles. The molecule has 35 heavy (non-hydrogen) atoms. The monoisotopic (exact) mass is 485 g/mol. The second-order valence-corrected chi connectivity index (χ2v) is 8.23. The van der Waals surface area contributed by atoms with Gasteiger partial charge in [-0.3, -0.25) is 14.4 Å². The standard InChI is InChI=1S/C24H22F3N5O3/c1-13-7-21(33)22(30-32(13)16-4-2-3-14(8-16)23(28)34)24(35)29-11-18-19(26)9-17(10-20(18)27)31-6-5-15(25)12-31/h2-4,7-10,15H,5-6,11-12H2,1H3,(H2,28,34)(H,29,35)/t15-/m0/s1. The Bertz CT molecular complexity index is 1350. The molecule has 2 amide bonds. The van der Waals surface area contributed by atoms with Gasteiger partial charge in [0.15, 0.2) is 5.69 Å². The van der Waals surface area contributed by atoms with Crippen LogP contribution >= 0.6 is 0 Å². The van der Waals surface area contributed by atoms with Gasteiger partial charge in [-0.2, -0.15) is 5.10 Å². The Morgan fingerprint density at radius 2 is 1.86 bits per heavy atom. The van der Waals surface area contributed by atoms with Crippen LogP contribution in [0.25, 0.3) is 5.69 Å². The van der Waals surface area contributed by atoms with Crippen molar-refractivity contribution in [1.82, 2.24) is 15.1 Å². The van der Waals surface area contributed by atoms with Crippen LogP contribution in [0.5, 0.6) is 0 Å². The number of primary amides is 1. The van der Waals surface area contributed by atoms with Crippen molar-refractivity contribution in [3.8, 4) is 5.69 Å². The van der Waals surface area contributed by atoms with Gasteiger partial charge in [0, 0.05) is 48.2 Å². The van der Waals surface area contributed by atoms with E-state index in [9.17, 15) is 27.6 Å². The second-order valence-electron chi connectivity index (χ2n) is 8.23. The summed E-state index contributed by atoms with van der Waals surface area (Å²) in [4.78, 5) is 38.1. The van der Waals surface area contributed by atoms with Crippen LogP contribution in [0.4, 0.5) is 18.9 Å². The van der Waals surface area contributed by atoms with Gasteiger partial charge in [0.05, 0.1) is 5.69 Å². The molecule has 1 aliphatic rings. The third kappa shape index (κ3) is 5.03. The number of hydrogen-bond acceptors (Lipinski definition) is 5. The molecule has 3 aromatic rings. The molecule has 182 valence electrons. The molecule has 0 spiro atoms. The second kappa shape index (κ2) is 9.61. The summed E-state index contributed by atoms with van der Waals surface area (Å²) in [6.07, 6.45) is -0.765. The Kier molecular flexibility index (Phi) is 6.59. The average molecular weight is 485 g/mol. The third-order valence-corrected chi connectivity index (χ3v) is 5.75. The van der Waals surface area contributed by atoms with E-state index >= 15 is 0 Å². The van der Waals surface area contributed by atoms with E-state index in [0.717, 1.165) is 12.1 Å². The maximum atomic E-state index is 14.6. The van der Waals surface area contributed by atoms with Crippen LogP contribution in [0.1, 0.15) is 38.5 Å². The molecule has 0 saturated carbocycles. The molecule has 1 aliphatic heterocycles. The largest absolute Gasteiger partial charge is 0.368 e. The zero-order valence-electron chi connectivity index (χ0n) is 18.7. The van der Waals surface area contributed by atoms with E-state index in [1.165, 1.54) is 22.9 Å². The minimum atomic E-state index is -1.05. The van der Waals surface area contributed by atoms with Gasteiger partial charge in [0.2, 0.25) is 11.3 Å². The fraction of sp³-hybridized carbons (Fsp3) is 0.250. The molecule has 2 aromatic carbocycles. The molecule has 8 nitrogen and oxygen atoms in total. The highest BCUT2D eigenvalue weighted by molar-refractivity contribution is 5.93. The zero-order chi connectivity index (χ0) is 25.3. The molecular formula is C24H22F3N5O3. The number of rotatable bonds is 6. The summed E-state index contributed by atoms with van der Waals surface area (Å²) < 4.78 is 43.9. The Balaban J connectivity index is 1.56. The lowest BCUT2D eigenvalue weighted by atomic mass is 10.1. The van der Waals surface area contributed by atoms with Crippen LogP contribution in [0.2, 0.25) is 0 Å². The van der Waals surface area contributed by atoms with Crippen LogP contribution < -0.4 is 21.4 Å². The van der Waals surface area contributed by atoms with Gasteiger partial charge in [0.25, 0.3) is 5.91 Å². The van der Waals surface area contributed by atoms with Gasteiger partial charge in [-0.25, -0.2) is 17.9 Å². The van der Waals surface area contributed by atoms with E-state index < -0.39 is 52.9 Å². The van der Waals surface area contributed by atoms with E-state index in [2.05, 4.69) is 10.4 Å². The Morgan fingerprint density at radius 1 is 1.14 bits per heavy atom. The molecule has 4 rings (SSSR count). The topological polar surface area (TPSA) is 110 Å². The van der Waals surface area contributed by atoms with Crippen molar-refractivity contribution in [3.63, 3.8) is 0 Å². The van der Waals surface area contributed by atoms with Crippen molar-refractivity contribution < 1.29 is 22.8 Å². The zero-order valence-corrected chi connectivity index (χ0v) is 18.7. The molecule has 0 radical (unpaired) electrons. The first-order valence-corrected chi connectivity index (χ1v) is 10.8. The number of nitrogens with one attached hydrogen (secondary N) is 1. The number of aromatic nitrogens is 2. The number of alkyl halides is 1. The normalized spacial score (nSPS) is 15.3. The molecule has 1 atom stereocenters. The van der Waals surface area contributed by atoms with Crippen LogP contribution in [-0.2, 0) is 6.54 Å². The minimum absolute atomic E-state index is 0.0582. The number of carbonyl (C=O) groups is 2. The molecule has 11 heteroatoms. The summed E-state index contributed by atoms with van der Waals surface area (Å²) in [6, 6.07) is 9.49. The molecule has 0 bridgehead atoms. The number of aryl methyl sites for hydroxylation is 1. The van der Waals surface area contributed by atoms with Gasteiger partial charge in [0.1, 0.15) is 17.8 Å². The van der Waals surface area contributed by atoms with Crippen LogP contribution in [-0.4, -0.2) is 40.9 Å². The summed E-state index contributed by atoms with van der Waals surface area (Å²) in [6.45, 7) is 1.46. The highest BCUT2D eigenvalue weighted by Gasteiger charge is 2.24. The van der Waals surface area contributed by atoms with E-state index in [0.29, 0.717) is 17.9 Å². The Morgan fingerprint density at radius 3 is 2.49 bits per heavy atom.